The Morgan fingerprint density at radius 1 is 1.15 bits per heavy atom. The number of likely N-dealkylation sites (tertiary alicyclic amines) is 1. The highest BCUT2D eigenvalue weighted by atomic mass is 79.9. The van der Waals surface area contributed by atoms with Gasteiger partial charge in [0, 0.05) is 16.6 Å². The molecule has 1 N–H and O–H groups in total. The van der Waals surface area contributed by atoms with E-state index >= 15 is 0 Å². The number of hydrogen-bond donors (Lipinski definition) is 1. The minimum absolute atomic E-state index is 0.168. The van der Waals surface area contributed by atoms with Gasteiger partial charge in [-0.05, 0) is 40.9 Å². The summed E-state index contributed by atoms with van der Waals surface area (Å²) in [6, 6.07) is 16.8. The van der Waals surface area contributed by atoms with Gasteiger partial charge < -0.3 is 14.7 Å². The number of carbonyl (C=O) groups excluding carboxylic acids is 1. The maximum atomic E-state index is 12.7. The third-order valence-corrected chi connectivity index (χ3v) is 5.08. The predicted octanol–water partition coefficient (Wildman–Crippen LogP) is 4.87. The van der Waals surface area contributed by atoms with Crippen molar-refractivity contribution >= 4 is 27.6 Å². The SMILES string of the molecule is O=C(Nc1ccccc1Br)N1CCCC1c1nc(-c2ccccc2)no1. The zero-order valence-electron chi connectivity index (χ0n) is 13.9. The van der Waals surface area contributed by atoms with E-state index in [-0.39, 0.29) is 12.1 Å². The standard InChI is InChI=1S/C19H17BrN4O2/c20-14-9-4-5-10-15(14)21-19(25)24-12-6-11-16(24)18-22-17(23-26-18)13-7-2-1-3-8-13/h1-5,7-10,16H,6,11-12H2,(H,21,25). The fraction of sp³-hybridized carbons (Fsp3) is 0.211. The molecule has 1 aliphatic heterocycles. The fourth-order valence-corrected chi connectivity index (χ4v) is 3.48. The van der Waals surface area contributed by atoms with Gasteiger partial charge in [0.05, 0.1) is 5.69 Å². The molecular weight excluding hydrogens is 396 g/mol. The Morgan fingerprint density at radius 2 is 1.92 bits per heavy atom. The minimum Gasteiger partial charge on any atom is -0.337 e. The van der Waals surface area contributed by atoms with Crippen LogP contribution in [0.4, 0.5) is 10.5 Å². The van der Waals surface area contributed by atoms with Crippen molar-refractivity contribution in [3.05, 3.63) is 65.0 Å². The third-order valence-electron chi connectivity index (χ3n) is 4.39. The molecule has 0 bridgehead atoms. The first-order chi connectivity index (χ1) is 12.7. The molecule has 4 rings (SSSR count). The second kappa shape index (κ2) is 7.29. The molecule has 0 aliphatic carbocycles. The summed E-state index contributed by atoms with van der Waals surface area (Å²) in [6.45, 7) is 0.657. The van der Waals surface area contributed by atoms with Crippen molar-refractivity contribution in [2.75, 3.05) is 11.9 Å². The van der Waals surface area contributed by atoms with Crippen LogP contribution in [0, 0.1) is 0 Å². The Hall–Kier alpha value is -2.67. The molecule has 2 amide bonds. The van der Waals surface area contributed by atoms with Gasteiger partial charge in [-0.2, -0.15) is 4.98 Å². The Balaban J connectivity index is 1.53. The number of hydrogen-bond acceptors (Lipinski definition) is 4. The van der Waals surface area contributed by atoms with Gasteiger partial charge >= 0.3 is 6.03 Å². The number of halogens is 1. The highest BCUT2D eigenvalue weighted by Crippen LogP contribution is 2.33. The number of nitrogens with zero attached hydrogens (tertiary/aromatic N) is 3. The van der Waals surface area contributed by atoms with Gasteiger partial charge in [-0.1, -0.05) is 47.6 Å². The second-order valence-corrected chi connectivity index (χ2v) is 6.94. The predicted molar refractivity (Wildman–Crippen MR) is 102 cm³/mol. The first-order valence-corrected chi connectivity index (χ1v) is 9.23. The lowest BCUT2D eigenvalue weighted by atomic mass is 10.2. The summed E-state index contributed by atoms with van der Waals surface area (Å²) in [6.07, 6.45) is 1.71. The molecule has 0 radical (unpaired) electrons. The molecule has 1 aliphatic rings. The van der Waals surface area contributed by atoms with Crippen LogP contribution >= 0.6 is 15.9 Å². The van der Waals surface area contributed by atoms with Crippen LogP contribution in [0.1, 0.15) is 24.8 Å². The minimum atomic E-state index is -0.206. The highest BCUT2D eigenvalue weighted by molar-refractivity contribution is 9.10. The van der Waals surface area contributed by atoms with Crippen LogP contribution in [0.15, 0.2) is 63.6 Å². The van der Waals surface area contributed by atoms with Gasteiger partial charge in [-0.25, -0.2) is 4.79 Å². The van der Waals surface area contributed by atoms with Crippen molar-refractivity contribution in [2.45, 2.75) is 18.9 Å². The molecule has 1 fully saturated rings. The lowest BCUT2D eigenvalue weighted by molar-refractivity contribution is 0.193. The molecule has 7 heteroatoms. The fourth-order valence-electron chi connectivity index (χ4n) is 3.09. The summed E-state index contributed by atoms with van der Waals surface area (Å²) in [5, 5.41) is 7.01. The number of urea groups is 1. The van der Waals surface area contributed by atoms with Crippen LogP contribution < -0.4 is 5.32 Å². The van der Waals surface area contributed by atoms with Crippen LogP contribution in [0.3, 0.4) is 0 Å². The number of carbonyl (C=O) groups is 1. The Bertz CT molecular complexity index is 913. The van der Waals surface area contributed by atoms with Gasteiger partial charge in [0.15, 0.2) is 0 Å². The second-order valence-electron chi connectivity index (χ2n) is 6.08. The van der Waals surface area contributed by atoms with E-state index in [2.05, 4.69) is 31.4 Å². The van der Waals surface area contributed by atoms with E-state index in [1.165, 1.54) is 0 Å². The number of benzene rings is 2. The van der Waals surface area contributed by atoms with Crippen LogP contribution in [-0.2, 0) is 0 Å². The summed E-state index contributed by atoms with van der Waals surface area (Å²) in [5.41, 5.74) is 1.63. The lowest BCUT2D eigenvalue weighted by Gasteiger charge is -2.22. The van der Waals surface area contributed by atoms with Gasteiger partial charge in [-0.3, -0.25) is 0 Å². The lowest BCUT2D eigenvalue weighted by Crippen LogP contribution is -2.34. The van der Waals surface area contributed by atoms with Crippen LogP contribution in [-0.4, -0.2) is 27.6 Å². The Labute approximate surface area is 159 Å². The summed E-state index contributed by atoms with van der Waals surface area (Å²) < 4.78 is 6.31. The van der Waals surface area contributed by atoms with Crippen molar-refractivity contribution in [1.29, 1.82) is 0 Å². The first-order valence-electron chi connectivity index (χ1n) is 8.43. The molecule has 1 atom stereocenters. The summed E-state index contributed by atoms with van der Waals surface area (Å²) in [5.74, 6) is 1.02. The molecule has 3 aromatic rings. The van der Waals surface area contributed by atoms with Crippen LogP contribution in [0.2, 0.25) is 0 Å². The maximum Gasteiger partial charge on any atom is 0.322 e. The number of nitrogens with one attached hydrogen (secondary N) is 1. The van der Waals surface area contributed by atoms with Crippen molar-refractivity contribution in [3.63, 3.8) is 0 Å². The molecule has 6 nitrogen and oxygen atoms in total. The van der Waals surface area contributed by atoms with Crippen molar-refractivity contribution in [2.24, 2.45) is 0 Å². The van der Waals surface area contributed by atoms with Gasteiger partial charge in [0.1, 0.15) is 6.04 Å². The number of aromatic nitrogens is 2. The van der Waals surface area contributed by atoms with Crippen molar-refractivity contribution in [3.8, 4) is 11.4 Å². The van der Waals surface area contributed by atoms with E-state index in [4.69, 9.17) is 4.52 Å². The number of rotatable bonds is 3. The zero-order chi connectivity index (χ0) is 17.9. The first kappa shape index (κ1) is 16.8. The average Bonchev–Trinajstić information content (AvgIpc) is 3.33. The Morgan fingerprint density at radius 3 is 2.73 bits per heavy atom. The van der Waals surface area contributed by atoms with E-state index in [9.17, 15) is 4.79 Å². The van der Waals surface area contributed by atoms with Crippen molar-refractivity contribution < 1.29 is 9.32 Å². The molecule has 1 unspecified atom stereocenters. The van der Waals surface area contributed by atoms with E-state index in [0.717, 1.165) is 28.6 Å². The smallest absolute Gasteiger partial charge is 0.322 e. The summed E-state index contributed by atoms with van der Waals surface area (Å²) in [4.78, 5) is 19.0. The van der Waals surface area contributed by atoms with E-state index in [1.54, 1.807) is 4.90 Å². The normalized spacial score (nSPS) is 16.7. The Kier molecular flexibility index (Phi) is 4.71. The van der Waals surface area contributed by atoms with Crippen molar-refractivity contribution in [1.82, 2.24) is 15.0 Å². The number of para-hydroxylation sites is 1. The molecule has 0 saturated carbocycles. The molecule has 26 heavy (non-hydrogen) atoms. The van der Waals surface area contributed by atoms with E-state index < -0.39 is 0 Å². The number of anilines is 1. The third kappa shape index (κ3) is 3.35. The topological polar surface area (TPSA) is 71.3 Å². The van der Waals surface area contributed by atoms with Gasteiger partial charge in [-0.15, -0.1) is 0 Å². The van der Waals surface area contributed by atoms with Gasteiger partial charge in [0.2, 0.25) is 11.7 Å². The monoisotopic (exact) mass is 412 g/mol. The van der Waals surface area contributed by atoms with Crippen LogP contribution in [0.5, 0.6) is 0 Å². The molecule has 2 aromatic carbocycles. The summed E-state index contributed by atoms with van der Waals surface area (Å²) in [7, 11) is 0. The molecule has 2 heterocycles. The average molecular weight is 413 g/mol. The van der Waals surface area contributed by atoms with Crippen LogP contribution in [0.25, 0.3) is 11.4 Å². The summed E-state index contributed by atoms with van der Waals surface area (Å²) >= 11 is 3.45. The van der Waals surface area contributed by atoms with Gasteiger partial charge in [0.25, 0.3) is 0 Å². The molecule has 1 saturated heterocycles. The molecule has 132 valence electrons. The highest BCUT2D eigenvalue weighted by Gasteiger charge is 2.34. The largest absolute Gasteiger partial charge is 0.337 e. The maximum absolute atomic E-state index is 12.7. The molecule has 0 spiro atoms. The quantitative estimate of drug-likeness (QED) is 0.665. The van der Waals surface area contributed by atoms with E-state index in [1.807, 2.05) is 54.6 Å². The molecular formula is C19H17BrN4O2. The van der Waals surface area contributed by atoms with E-state index in [0.29, 0.717) is 18.3 Å². The molecule has 1 aromatic heterocycles. The zero-order valence-corrected chi connectivity index (χ0v) is 15.5. The number of amides is 2.